The summed E-state index contributed by atoms with van der Waals surface area (Å²) in [6.45, 7) is 4.32. The molecule has 0 aliphatic carbocycles. The van der Waals surface area contributed by atoms with Crippen molar-refractivity contribution in [2.75, 3.05) is 19.6 Å². The van der Waals surface area contributed by atoms with Crippen LogP contribution in [0.5, 0.6) is 0 Å². The molecule has 0 saturated carbocycles. The van der Waals surface area contributed by atoms with Crippen molar-refractivity contribution >= 4 is 5.91 Å². The Bertz CT molecular complexity index is 692. The van der Waals surface area contributed by atoms with Crippen LogP contribution < -0.4 is 0 Å². The zero-order valence-electron chi connectivity index (χ0n) is 13.1. The van der Waals surface area contributed by atoms with Crippen molar-refractivity contribution in [1.29, 1.82) is 0 Å². The molecule has 1 fully saturated rings. The van der Waals surface area contributed by atoms with Gasteiger partial charge in [0.1, 0.15) is 11.5 Å². The second-order valence-corrected chi connectivity index (χ2v) is 6.23. The first-order valence-electron chi connectivity index (χ1n) is 8.19. The Morgan fingerprint density at radius 1 is 1.26 bits per heavy atom. The number of pyridine rings is 1. The van der Waals surface area contributed by atoms with E-state index in [1.165, 1.54) is 12.8 Å². The first-order valence-corrected chi connectivity index (χ1v) is 8.19. The fourth-order valence-electron chi connectivity index (χ4n) is 3.39. The fourth-order valence-corrected chi connectivity index (χ4v) is 3.39. The predicted octanol–water partition coefficient (Wildman–Crippen LogP) is 1.86. The number of likely N-dealkylation sites (tertiary alicyclic amines) is 1. The zero-order chi connectivity index (χ0) is 15.6. The van der Waals surface area contributed by atoms with E-state index in [9.17, 15) is 4.79 Å². The number of carbonyl (C=O) groups is 1. The van der Waals surface area contributed by atoms with Gasteiger partial charge in [-0.05, 0) is 38.1 Å². The summed E-state index contributed by atoms with van der Waals surface area (Å²) in [6.07, 6.45) is 6.54. The number of hydrogen-bond acceptors (Lipinski definition) is 5. The largest absolute Gasteiger partial charge is 0.361 e. The van der Waals surface area contributed by atoms with Gasteiger partial charge in [-0.3, -0.25) is 14.7 Å². The van der Waals surface area contributed by atoms with E-state index >= 15 is 0 Å². The number of hydrogen-bond donors (Lipinski definition) is 0. The predicted molar refractivity (Wildman–Crippen MR) is 83.7 cm³/mol. The van der Waals surface area contributed by atoms with Crippen molar-refractivity contribution < 1.29 is 9.32 Å². The number of rotatable bonds is 3. The van der Waals surface area contributed by atoms with Crippen LogP contribution in [0.2, 0.25) is 0 Å². The molecule has 0 radical (unpaired) electrons. The second-order valence-electron chi connectivity index (χ2n) is 6.23. The summed E-state index contributed by atoms with van der Waals surface area (Å²) < 4.78 is 5.50. The highest BCUT2D eigenvalue weighted by Gasteiger charge is 2.28. The molecule has 1 amide bonds. The Balaban J connectivity index is 1.51. The number of carbonyl (C=O) groups excluding carboxylic acids is 1. The maximum atomic E-state index is 12.6. The fraction of sp³-hybridized carbons (Fsp3) is 0.471. The van der Waals surface area contributed by atoms with Gasteiger partial charge in [0.15, 0.2) is 0 Å². The summed E-state index contributed by atoms with van der Waals surface area (Å²) in [5.41, 5.74) is 2.72. The summed E-state index contributed by atoms with van der Waals surface area (Å²) >= 11 is 0. The molecule has 120 valence electrons. The Kier molecular flexibility index (Phi) is 3.83. The van der Waals surface area contributed by atoms with Crippen molar-refractivity contribution in [1.82, 2.24) is 19.9 Å². The number of fused-ring (bicyclic) bond motifs is 1. The van der Waals surface area contributed by atoms with E-state index in [-0.39, 0.29) is 5.91 Å². The first-order chi connectivity index (χ1) is 11.3. The average Bonchev–Trinajstić information content (AvgIpc) is 3.25. The standard InChI is InChI=1S/C17H20N4O2/c22-17(13-4-3-6-18-10-13)21-9-5-16-14(11-21)15(19-23-16)12-20-7-1-2-8-20/h3-4,6,10H,1-2,5,7-9,11-12H2. The number of aromatic nitrogens is 2. The van der Waals surface area contributed by atoms with Gasteiger partial charge in [-0.25, -0.2) is 0 Å². The van der Waals surface area contributed by atoms with Gasteiger partial charge in [0.25, 0.3) is 5.91 Å². The van der Waals surface area contributed by atoms with Gasteiger partial charge >= 0.3 is 0 Å². The molecule has 2 aromatic rings. The lowest BCUT2D eigenvalue weighted by atomic mass is 10.0. The Morgan fingerprint density at radius 3 is 2.91 bits per heavy atom. The molecule has 2 aromatic heterocycles. The highest BCUT2D eigenvalue weighted by Crippen LogP contribution is 2.25. The minimum absolute atomic E-state index is 0.0251. The van der Waals surface area contributed by atoms with Gasteiger partial charge in [0, 0.05) is 37.5 Å². The Morgan fingerprint density at radius 2 is 2.13 bits per heavy atom. The van der Waals surface area contributed by atoms with Crippen LogP contribution in [0.15, 0.2) is 29.0 Å². The van der Waals surface area contributed by atoms with Gasteiger partial charge in [0.05, 0.1) is 12.1 Å². The molecule has 4 rings (SSSR count). The van der Waals surface area contributed by atoms with Crippen molar-refractivity contribution in [3.05, 3.63) is 47.1 Å². The summed E-state index contributed by atoms with van der Waals surface area (Å²) in [5, 5.41) is 4.26. The molecule has 0 spiro atoms. The van der Waals surface area contributed by atoms with Crippen molar-refractivity contribution in [3.63, 3.8) is 0 Å². The van der Waals surface area contributed by atoms with E-state index in [2.05, 4.69) is 15.0 Å². The quantitative estimate of drug-likeness (QED) is 0.866. The van der Waals surface area contributed by atoms with E-state index < -0.39 is 0 Å². The van der Waals surface area contributed by atoms with Crippen LogP contribution in [0.1, 0.15) is 40.2 Å². The monoisotopic (exact) mass is 312 g/mol. The van der Waals surface area contributed by atoms with Crippen LogP contribution in [-0.4, -0.2) is 45.5 Å². The molecule has 2 aliphatic rings. The molecule has 4 heterocycles. The van der Waals surface area contributed by atoms with Crippen LogP contribution >= 0.6 is 0 Å². The molecule has 6 nitrogen and oxygen atoms in total. The van der Waals surface area contributed by atoms with Gasteiger partial charge < -0.3 is 9.42 Å². The maximum Gasteiger partial charge on any atom is 0.255 e. The van der Waals surface area contributed by atoms with Gasteiger partial charge in [-0.15, -0.1) is 0 Å². The Hall–Kier alpha value is -2.21. The molecular weight excluding hydrogens is 292 g/mol. The molecule has 0 atom stereocenters. The van der Waals surface area contributed by atoms with Crippen molar-refractivity contribution in [2.45, 2.75) is 32.4 Å². The summed E-state index contributed by atoms with van der Waals surface area (Å²) in [7, 11) is 0. The molecule has 0 unspecified atom stereocenters. The van der Waals surface area contributed by atoms with Crippen molar-refractivity contribution in [2.24, 2.45) is 0 Å². The topological polar surface area (TPSA) is 62.5 Å². The average molecular weight is 312 g/mol. The van der Waals surface area contributed by atoms with E-state index in [1.54, 1.807) is 18.5 Å². The molecule has 0 aromatic carbocycles. The van der Waals surface area contributed by atoms with Gasteiger partial charge in [-0.2, -0.15) is 0 Å². The van der Waals surface area contributed by atoms with Crippen LogP contribution in [0, 0.1) is 0 Å². The minimum Gasteiger partial charge on any atom is -0.361 e. The second kappa shape index (κ2) is 6.12. The summed E-state index contributed by atoms with van der Waals surface area (Å²) in [4.78, 5) is 20.9. The highest BCUT2D eigenvalue weighted by atomic mass is 16.5. The molecule has 1 saturated heterocycles. The van der Waals surface area contributed by atoms with Crippen molar-refractivity contribution in [3.8, 4) is 0 Å². The highest BCUT2D eigenvalue weighted by molar-refractivity contribution is 5.94. The molecule has 2 aliphatic heterocycles. The normalized spacial score (nSPS) is 18.2. The van der Waals surface area contributed by atoms with E-state index in [4.69, 9.17) is 4.52 Å². The molecule has 6 heteroatoms. The van der Waals surface area contributed by atoms with Crippen LogP contribution in [0.25, 0.3) is 0 Å². The van der Waals surface area contributed by atoms with E-state index in [1.807, 2.05) is 11.0 Å². The summed E-state index contributed by atoms with van der Waals surface area (Å²) in [6, 6.07) is 3.60. The zero-order valence-corrected chi connectivity index (χ0v) is 13.1. The van der Waals surface area contributed by atoms with Crippen LogP contribution in [0.4, 0.5) is 0 Å². The lowest BCUT2D eigenvalue weighted by Gasteiger charge is -2.26. The minimum atomic E-state index is 0.0251. The third kappa shape index (κ3) is 2.86. The van der Waals surface area contributed by atoms with Gasteiger partial charge in [0.2, 0.25) is 0 Å². The lowest BCUT2D eigenvalue weighted by molar-refractivity contribution is 0.0728. The smallest absolute Gasteiger partial charge is 0.255 e. The molecule has 0 bridgehead atoms. The van der Waals surface area contributed by atoms with E-state index in [0.29, 0.717) is 18.7 Å². The third-order valence-corrected chi connectivity index (χ3v) is 4.68. The van der Waals surface area contributed by atoms with Crippen LogP contribution in [0.3, 0.4) is 0 Å². The molecule has 23 heavy (non-hydrogen) atoms. The molecular formula is C17H20N4O2. The third-order valence-electron chi connectivity index (χ3n) is 4.68. The molecule has 0 N–H and O–H groups in total. The number of nitrogens with zero attached hydrogens (tertiary/aromatic N) is 4. The van der Waals surface area contributed by atoms with Crippen LogP contribution in [-0.2, 0) is 19.5 Å². The first kappa shape index (κ1) is 14.4. The lowest BCUT2D eigenvalue weighted by Crippen LogP contribution is -2.36. The maximum absolute atomic E-state index is 12.6. The van der Waals surface area contributed by atoms with Gasteiger partial charge in [-0.1, -0.05) is 5.16 Å². The number of amides is 1. The van der Waals surface area contributed by atoms with E-state index in [0.717, 1.165) is 43.1 Å². The Labute approximate surface area is 135 Å². The SMILES string of the molecule is O=C(c1cccnc1)N1CCc2onc(CN3CCCC3)c2C1. The summed E-state index contributed by atoms with van der Waals surface area (Å²) in [5.74, 6) is 0.964.